The molecule has 0 aromatic heterocycles. The van der Waals surface area contributed by atoms with Crippen LogP contribution in [0.5, 0.6) is 0 Å². The zero-order valence-electron chi connectivity index (χ0n) is 12.0. The predicted octanol–water partition coefficient (Wildman–Crippen LogP) is 1.71. The Morgan fingerprint density at radius 3 is 2.61 bits per heavy atom. The summed E-state index contributed by atoms with van der Waals surface area (Å²) in [5.41, 5.74) is -0.424. The molecule has 0 bridgehead atoms. The summed E-state index contributed by atoms with van der Waals surface area (Å²) in [5, 5.41) is 12.4. The fourth-order valence-electron chi connectivity index (χ4n) is 2.51. The first-order chi connectivity index (χ1) is 8.37. The van der Waals surface area contributed by atoms with Crippen molar-refractivity contribution in [2.45, 2.75) is 58.6 Å². The summed E-state index contributed by atoms with van der Waals surface area (Å²) in [6.45, 7) is 8.81. The van der Waals surface area contributed by atoms with Gasteiger partial charge in [-0.3, -0.25) is 4.79 Å². The minimum atomic E-state index is -0.424. The number of carbonyl (C=O) groups excluding carboxylic acids is 1. The molecule has 3 atom stereocenters. The third-order valence-corrected chi connectivity index (χ3v) is 3.49. The van der Waals surface area contributed by atoms with E-state index in [1.54, 1.807) is 0 Å². The van der Waals surface area contributed by atoms with Crippen molar-refractivity contribution in [2.75, 3.05) is 13.2 Å². The third kappa shape index (κ3) is 4.58. The highest BCUT2D eigenvalue weighted by atomic mass is 16.6. The number of rotatable bonds is 4. The van der Waals surface area contributed by atoms with Gasteiger partial charge in [0, 0.05) is 12.6 Å². The number of piperidine rings is 1. The van der Waals surface area contributed by atoms with Gasteiger partial charge in [0.15, 0.2) is 0 Å². The first-order valence-electron chi connectivity index (χ1n) is 6.94. The zero-order chi connectivity index (χ0) is 13.8. The van der Waals surface area contributed by atoms with Crippen LogP contribution in [0.2, 0.25) is 0 Å². The fourth-order valence-corrected chi connectivity index (χ4v) is 2.51. The lowest BCUT2D eigenvalue weighted by Gasteiger charge is -2.36. The number of nitrogens with one attached hydrogen (secondary N) is 1. The summed E-state index contributed by atoms with van der Waals surface area (Å²) in [4.78, 5) is 12.2. The minimum absolute atomic E-state index is 0.0352. The highest BCUT2D eigenvalue weighted by Gasteiger charge is 2.36. The fraction of sp³-hybridized carbons (Fsp3) is 0.929. The van der Waals surface area contributed by atoms with Crippen molar-refractivity contribution >= 4 is 5.97 Å². The SMILES string of the molecule is CC[C@H]1CN[C@H](CCO)C[C@@H]1C(=O)OC(C)(C)C. The largest absolute Gasteiger partial charge is 0.460 e. The lowest BCUT2D eigenvalue weighted by atomic mass is 9.80. The first-order valence-corrected chi connectivity index (χ1v) is 6.94. The van der Waals surface area contributed by atoms with E-state index < -0.39 is 5.60 Å². The molecule has 0 aliphatic carbocycles. The lowest BCUT2D eigenvalue weighted by molar-refractivity contribution is -0.163. The monoisotopic (exact) mass is 257 g/mol. The molecule has 0 unspecified atom stereocenters. The molecule has 0 radical (unpaired) electrons. The average molecular weight is 257 g/mol. The zero-order valence-corrected chi connectivity index (χ0v) is 12.0. The van der Waals surface area contributed by atoms with Crippen LogP contribution in [0.4, 0.5) is 0 Å². The van der Waals surface area contributed by atoms with Gasteiger partial charge in [-0.2, -0.15) is 0 Å². The molecule has 1 saturated heterocycles. The van der Waals surface area contributed by atoms with Crippen LogP contribution in [0.25, 0.3) is 0 Å². The molecular weight excluding hydrogens is 230 g/mol. The van der Waals surface area contributed by atoms with E-state index in [9.17, 15) is 4.79 Å². The number of carbonyl (C=O) groups is 1. The van der Waals surface area contributed by atoms with Crippen molar-refractivity contribution in [1.29, 1.82) is 0 Å². The van der Waals surface area contributed by atoms with Crippen molar-refractivity contribution in [3.63, 3.8) is 0 Å². The van der Waals surface area contributed by atoms with E-state index in [0.29, 0.717) is 12.3 Å². The molecule has 0 spiro atoms. The predicted molar refractivity (Wildman–Crippen MR) is 71.2 cm³/mol. The maximum atomic E-state index is 12.2. The van der Waals surface area contributed by atoms with Gasteiger partial charge in [-0.25, -0.2) is 0 Å². The number of ether oxygens (including phenoxy) is 1. The average Bonchev–Trinajstić information content (AvgIpc) is 2.27. The molecule has 2 N–H and O–H groups in total. The van der Waals surface area contributed by atoms with E-state index >= 15 is 0 Å². The van der Waals surface area contributed by atoms with E-state index in [0.717, 1.165) is 19.4 Å². The molecule has 18 heavy (non-hydrogen) atoms. The van der Waals surface area contributed by atoms with Gasteiger partial charge in [-0.15, -0.1) is 0 Å². The van der Waals surface area contributed by atoms with Crippen LogP contribution in [-0.4, -0.2) is 35.9 Å². The number of aliphatic hydroxyl groups excluding tert-OH is 1. The molecular formula is C14H27NO3. The van der Waals surface area contributed by atoms with Gasteiger partial charge in [0.1, 0.15) is 5.60 Å². The first kappa shape index (κ1) is 15.4. The van der Waals surface area contributed by atoms with Gasteiger partial charge < -0.3 is 15.2 Å². The van der Waals surface area contributed by atoms with Gasteiger partial charge in [-0.1, -0.05) is 13.3 Å². The summed E-state index contributed by atoms with van der Waals surface area (Å²) in [5.74, 6) is 0.223. The van der Waals surface area contributed by atoms with Crippen LogP contribution in [0, 0.1) is 11.8 Å². The molecule has 1 heterocycles. The molecule has 106 valence electrons. The molecule has 1 aliphatic rings. The van der Waals surface area contributed by atoms with Crippen LogP contribution < -0.4 is 5.32 Å². The molecule has 4 nitrogen and oxygen atoms in total. The smallest absolute Gasteiger partial charge is 0.309 e. The van der Waals surface area contributed by atoms with Crippen molar-refractivity contribution < 1.29 is 14.6 Å². The van der Waals surface area contributed by atoms with Crippen molar-refractivity contribution in [2.24, 2.45) is 11.8 Å². The molecule has 0 saturated carbocycles. The molecule has 0 aromatic carbocycles. The van der Waals surface area contributed by atoms with Crippen LogP contribution in [0.15, 0.2) is 0 Å². The van der Waals surface area contributed by atoms with Gasteiger partial charge in [0.2, 0.25) is 0 Å². The Bertz CT molecular complexity index is 273. The lowest BCUT2D eigenvalue weighted by Crippen LogP contribution is -2.48. The molecule has 1 aliphatic heterocycles. The molecule has 1 fully saturated rings. The van der Waals surface area contributed by atoms with E-state index in [-0.39, 0.29) is 24.5 Å². The Labute approximate surface area is 110 Å². The Balaban J connectivity index is 2.64. The van der Waals surface area contributed by atoms with E-state index in [4.69, 9.17) is 9.84 Å². The Hall–Kier alpha value is -0.610. The second-order valence-electron chi connectivity index (χ2n) is 6.16. The molecule has 0 aromatic rings. The topological polar surface area (TPSA) is 58.6 Å². The van der Waals surface area contributed by atoms with Crippen LogP contribution in [0.3, 0.4) is 0 Å². The second-order valence-corrected chi connectivity index (χ2v) is 6.16. The number of hydrogen-bond acceptors (Lipinski definition) is 4. The summed E-state index contributed by atoms with van der Waals surface area (Å²) >= 11 is 0. The summed E-state index contributed by atoms with van der Waals surface area (Å²) in [6, 6.07) is 0.232. The number of aliphatic hydroxyl groups is 1. The van der Waals surface area contributed by atoms with E-state index in [1.807, 2.05) is 20.8 Å². The second kappa shape index (κ2) is 6.53. The Kier molecular flexibility index (Phi) is 5.60. The minimum Gasteiger partial charge on any atom is -0.460 e. The Morgan fingerprint density at radius 2 is 2.11 bits per heavy atom. The van der Waals surface area contributed by atoms with Gasteiger partial charge in [0.25, 0.3) is 0 Å². The molecule has 1 rings (SSSR count). The van der Waals surface area contributed by atoms with Crippen molar-refractivity contribution in [1.82, 2.24) is 5.32 Å². The van der Waals surface area contributed by atoms with Gasteiger partial charge >= 0.3 is 5.97 Å². The van der Waals surface area contributed by atoms with E-state index in [2.05, 4.69) is 12.2 Å². The normalized spacial score (nSPS) is 29.1. The Morgan fingerprint density at radius 1 is 1.44 bits per heavy atom. The summed E-state index contributed by atoms with van der Waals surface area (Å²) < 4.78 is 5.51. The van der Waals surface area contributed by atoms with Gasteiger partial charge in [-0.05, 0) is 46.1 Å². The van der Waals surface area contributed by atoms with Gasteiger partial charge in [0.05, 0.1) is 5.92 Å². The van der Waals surface area contributed by atoms with Crippen LogP contribution in [-0.2, 0) is 9.53 Å². The van der Waals surface area contributed by atoms with Crippen LogP contribution in [0.1, 0.15) is 47.0 Å². The molecule has 4 heteroatoms. The van der Waals surface area contributed by atoms with Crippen molar-refractivity contribution in [3.05, 3.63) is 0 Å². The highest BCUT2D eigenvalue weighted by Crippen LogP contribution is 2.28. The standard InChI is InChI=1S/C14H27NO3/c1-5-10-9-15-11(6-7-16)8-12(10)13(17)18-14(2,3)4/h10-12,15-16H,5-9H2,1-4H3/t10-,11+,12-/m0/s1. The maximum absolute atomic E-state index is 12.2. The molecule has 0 amide bonds. The number of hydrogen-bond donors (Lipinski definition) is 2. The highest BCUT2D eigenvalue weighted by molar-refractivity contribution is 5.73. The van der Waals surface area contributed by atoms with Crippen molar-refractivity contribution in [3.8, 4) is 0 Å². The summed E-state index contributed by atoms with van der Waals surface area (Å²) in [7, 11) is 0. The number of esters is 1. The maximum Gasteiger partial charge on any atom is 0.309 e. The summed E-state index contributed by atoms with van der Waals surface area (Å²) in [6.07, 6.45) is 2.45. The third-order valence-electron chi connectivity index (χ3n) is 3.49. The quantitative estimate of drug-likeness (QED) is 0.753. The van der Waals surface area contributed by atoms with E-state index in [1.165, 1.54) is 0 Å². The van der Waals surface area contributed by atoms with Crippen LogP contribution >= 0.6 is 0 Å².